The van der Waals surface area contributed by atoms with Crippen LogP contribution in [0.3, 0.4) is 0 Å². The fourth-order valence-corrected chi connectivity index (χ4v) is 4.82. The monoisotopic (exact) mass is 581 g/mol. The zero-order valence-electron chi connectivity index (χ0n) is 27.0. The summed E-state index contributed by atoms with van der Waals surface area (Å²) in [5.41, 5.74) is 2.61. The number of nitrogens with one attached hydrogen (secondary N) is 2. The van der Waals surface area contributed by atoms with Gasteiger partial charge in [-0.05, 0) is 94.3 Å². The summed E-state index contributed by atoms with van der Waals surface area (Å²) in [7, 11) is 1.59. The maximum Gasteiger partial charge on any atom is 0.408 e. The van der Waals surface area contributed by atoms with Crippen molar-refractivity contribution in [1.82, 2.24) is 10.2 Å². The minimum absolute atomic E-state index is 0.114. The number of unbranched alkanes of at least 4 members (excludes halogenated alkanes) is 3. The average molecular weight is 582 g/mol. The van der Waals surface area contributed by atoms with Gasteiger partial charge in [0, 0.05) is 12.2 Å². The number of hydrogen-bond acceptors (Lipinski definition) is 5. The summed E-state index contributed by atoms with van der Waals surface area (Å²) < 4.78 is 10.8. The van der Waals surface area contributed by atoms with Crippen LogP contribution in [0.5, 0.6) is 5.75 Å². The number of ether oxygens (including phenoxy) is 2. The Balaban J connectivity index is 2.59. The molecule has 0 aliphatic heterocycles. The number of rotatable bonds is 14. The molecule has 0 bridgehead atoms. The summed E-state index contributed by atoms with van der Waals surface area (Å²) in [5, 5.41) is 5.85. The van der Waals surface area contributed by atoms with Crippen LogP contribution in [0.4, 0.5) is 10.5 Å². The van der Waals surface area contributed by atoms with Crippen LogP contribution in [-0.4, -0.2) is 48.1 Å². The minimum Gasteiger partial charge on any atom is -0.497 e. The molecule has 3 amide bonds. The highest BCUT2D eigenvalue weighted by Gasteiger charge is 2.37. The van der Waals surface area contributed by atoms with Crippen molar-refractivity contribution in [3.8, 4) is 5.75 Å². The second-order valence-corrected chi connectivity index (χ2v) is 12.3. The molecule has 0 heterocycles. The first-order valence-corrected chi connectivity index (χ1v) is 15.1. The van der Waals surface area contributed by atoms with Crippen molar-refractivity contribution in [2.24, 2.45) is 5.92 Å². The van der Waals surface area contributed by atoms with Crippen LogP contribution in [0, 0.1) is 19.8 Å². The normalized spacial score (nSPS) is 12.8. The van der Waals surface area contributed by atoms with Gasteiger partial charge in [0.25, 0.3) is 5.91 Å². The summed E-state index contributed by atoms with van der Waals surface area (Å²) in [5.74, 6) is 0.166. The number of methoxy groups -OCH3 is 1. The third-order valence-electron chi connectivity index (χ3n) is 7.09. The van der Waals surface area contributed by atoms with Gasteiger partial charge in [-0.2, -0.15) is 0 Å². The van der Waals surface area contributed by atoms with Crippen LogP contribution >= 0.6 is 0 Å². The summed E-state index contributed by atoms with van der Waals surface area (Å²) in [6, 6.07) is 11.2. The molecular formula is C34H51N3O5. The number of alkyl carbamates (subject to hydrolysis) is 1. The number of nitrogens with zero attached hydrogens (tertiary/aromatic N) is 1. The van der Waals surface area contributed by atoms with E-state index in [4.69, 9.17) is 9.47 Å². The van der Waals surface area contributed by atoms with Crippen LogP contribution in [0.15, 0.2) is 42.5 Å². The molecule has 0 saturated heterocycles. The van der Waals surface area contributed by atoms with E-state index in [2.05, 4.69) is 17.6 Å². The lowest BCUT2D eigenvalue weighted by Gasteiger charge is -2.36. The van der Waals surface area contributed by atoms with Crippen LogP contribution < -0.4 is 15.4 Å². The second-order valence-electron chi connectivity index (χ2n) is 12.3. The van der Waals surface area contributed by atoms with Gasteiger partial charge in [0.05, 0.1) is 7.11 Å². The average Bonchev–Trinajstić information content (AvgIpc) is 2.90. The van der Waals surface area contributed by atoms with E-state index in [1.165, 1.54) is 0 Å². The number of amides is 3. The van der Waals surface area contributed by atoms with Crippen molar-refractivity contribution in [2.75, 3.05) is 19.0 Å². The quantitative estimate of drug-likeness (QED) is 0.228. The first-order chi connectivity index (χ1) is 19.8. The van der Waals surface area contributed by atoms with E-state index in [0.29, 0.717) is 24.4 Å². The van der Waals surface area contributed by atoms with Gasteiger partial charge >= 0.3 is 6.09 Å². The Morgan fingerprint density at radius 1 is 0.952 bits per heavy atom. The van der Waals surface area contributed by atoms with Gasteiger partial charge in [-0.3, -0.25) is 9.59 Å². The third kappa shape index (κ3) is 10.7. The molecule has 2 aromatic carbocycles. The van der Waals surface area contributed by atoms with Crippen molar-refractivity contribution >= 4 is 23.6 Å². The highest BCUT2D eigenvalue weighted by atomic mass is 16.6. The van der Waals surface area contributed by atoms with Crippen molar-refractivity contribution in [1.29, 1.82) is 0 Å². The molecule has 2 rings (SSSR count). The summed E-state index contributed by atoms with van der Waals surface area (Å²) in [6.07, 6.45) is 3.48. The highest BCUT2D eigenvalue weighted by Crippen LogP contribution is 2.30. The number of benzene rings is 2. The molecule has 8 heteroatoms. The van der Waals surface area contributed by atoms with Crippen molar-refractivity contribution in [3.05, 3.63) is 59.2 Å². The fraction of sp³-hybridized carbons (Fsp3) is 0.559. The molecule has 0 spiro atoms. The largest absolute Gasteiger partial charge is 0.497 e. The number of carbonyl (C=O) groups excluding carboxylic acids is 3. The molecule has 0 aromatic heterocycles. The molecule has 0 radical (unpaired) electrons. The van der Waals surface area contributed by atoms with Crippen molar-refractivity contribution in [3.63, 3.8) is 0 Å². The first kappa shape index (κ1) is 34.7. The minimum atomic E-state index is -0.906. The smallest absolute Gasteiger partial charge is 0.408 e. The first-order valence-electron chi connectivity index (χ1n) is 15.1. The van der Waals surface area contributed by atoms with Gasteiger partial charge in [0.15, 0.2) is 0 Å². The maximum absolute atomic E-state index is 14.5. The number of hydrogen-bond donors (Lipinski definition) is 2. The molecule has 0 saturated carbocycles. The van der Waals surface area contributed by atoms with Gasteiger partial charge in [-0.1, -0.05) is 58.2 Å². The van der Waals surface area contributed by atoms with Crippen LogP contribution in [0.25, 0.3) is 0 Å². The molecule has 42 heavy (non-hydrogen) atoms. The highest BCUT2D eigenvalue weighted by molar-refractivity contribution is 5.99. The molecule has 0 fully saturated rings. The predicted octanol–water partition coefficient (Wildman–Crippen LogP) is 7.34. The third-order valence-corrected chi connectivity index (χ3v) is 7.09. The number of carbonyl (C=O) groups is 3. The molecule has 0 aliphatic carbocycles. The summed E-state index contributed by atoms with van der Waals surface area (Å²) in [6.45, 7) is 15.8. The van der Waals surface area contributed by atoms with E-state index in [9.17, 15) is 14.4 Å². The molecule has 2 aromatic rings. The van der Waals surface area contributed by atoms with Crippen molar-refractivity contribution < 1.29 is 23.9 Å². The Morgan fingerprint density at radius 2 is 1.62 bits per heavy atom. The Kier molecular flexibility index (Phi) is 13.4. The van der Waals surface area contributed by atoms with Gasteiger partial charge in [0.1, 0.15) is 23.4 Å². The van der Waals surface area contributed by atoms with Gasteiger partial charge in [0.2, 0.25) is 5.91 Å². The second kappa shape index (κ2) is 16.2. The lowest BCUT2D eigenvalue weighted by Crippen LogP contribution is -2.53. The molecule has 2 atom stereocenters. The zero-order chi connectivity index (χ0) is 31.4. The molecule has 2 unspecified atom stereocenters. The van der Waals surface area contributed by atoms with E-state index < -0.39 is 23.8 Å². The fourth-order valence-electron chi connectivity index (χ4n) is 4.82. The Bertz CT molecular complexity index is 1170. The standard InChI is InChI=1S/C34H51N3O5/c1-10-11-12-13-21-37(32(39)29(22-23(2)3)36-33(40)42-34(6,7)8)30(28-16-14-15-24(4)25(28)5)31(38)35-26-17-19-27(41-9)20-18-26/h14-20,23,29-30H,10-13,21-22H2,1-9H3,(H,35,38)(H,36,40). The molecule has 0 aliphatic rings. The molecule has 8 nitrogen and oxygen atoms in total. The van der Waals surface area contributed by atoms with E-state index in [1.807, 2.05) is 45.9 Å². The summed E-state index contributed by atoms with van der Waals surface area (Å²) >= 11 is 0. The van der Waals surface area contributed by atoms with Crippen LogP contribution in [-0.2, 0) is 14.3 Å². The van der Waals surface area contributed by atoms with Gasteiger partial charge < -0.3 is 25.0 Å². The predicted molar refractivity (Wildman–Crippen MR) is 169 cm³/mol. The Morgan fingerprint density at radius 3 is 2.19 bits per heavy atom. The van der Waals surface area contributed by atoms with Crippen molar-refractivity contribution in [2.45, 2.75) is 105 Å². The van der Waals surface area contributed by atoms with Gasteiger partial charge in [-0.15, -0.1) is 0 Å². The van der Waals surface area contributed by atoms with Crippen LogP contribution in [0.1, 0.15) is 96.4 Å². The number of aryl methyl sites for hydroxylation is 1. The van der Waals surface area contributed by atoms with Gasteiger partial charge in [-0.25, -0.2) is 4.79 Å². The molecule has 232 valence electrons. The van der Waals surface area contributed by atoms with Crippen LogP contribution in [0.2, 0.25) is 0 Å². The molecular weight excluding hydrogens is 530 g/mol. The lowest BCUT2D eigenvalue weighted by atomic mass is 9.94. The lowest BCUT2D eigenvalue weighted by molar-refractivity contribution is -0.141. The topological polar surface area (TPSA) is 97.0 Å². The summed E-state index contributed by atoms with van der Waals surface area (Å²) in [4.78, 5) is 43.1. The Labute approximate surface area is 252 Å². The van der Waals surface area contributed by atoms with E-state index in [1.54, 1.807) is 57.0 Å². The molecule has 2 N–H and O–H groups in total. The van der Waals surface area contributed by atoms with E-state index >= 15 is 0 Å². The van der Waals surface area contributed by atoms with E-state index in [0.717, 1.165) is 42.4 Å². The maximum atomic E-state index is 14.5. The SMILES string of the molecule is CCCCCCN(C(=O)C(CC(C)C)NC(=O)OC(C)(C)C)C(C(=O)Nc1ccc(OC)cc1)c1cccc(C)c1C. The number of anilines is 1. The van der Waals surface area contributed by atoms with E-state index in [-0.39, 0.29) is 17.7 Å². The zero-order valence-corrected chi connectivity index (χ0v) is 27.0. The Hall–Kier alpha value is -3.55.